The van der Waals surface area contributed by atoms with Crippen molar-refractivity contribution in [3.63, 3.8) is 0 Å². The Morgan fingerprint density at radius 2 is 2.31 bits per heavy atom. The lowest BCUT2D eigenvalue weighted by atomic mass is 9.99. The van der Waals surface area contributed by atoms with E-state index in [9.17, 15) is 4.79 Å². The van der Waals surface area contributed by atoms with Crippen molar-refractivity contribution in [2.75, 3.05) is 11.4 Å². The first kappa shape index (κ1) is 11.1. The number of benzene rings is 1. The van der Waals surface area contributed by atoms with E-state index in [4.69, 9.17) is 5.73 Å². The molecule has 1 amide bonds. The van der Waals surface area contributed by atoms with E-state index < -0.39 is 0 Å². The van der Waals surface area contributed by atoms with Crippen molar-refractivity contribution in [1.82, 2.24) is 0 Å². The van der Waals surface area contributed by atoms with Gasteiger partial charge in [-0.1, -0.05) is 19.1 Å². The van der Waals surface area contributed by atoms with E-state index in [0.717, 1.165) is 30.6 Å². The molecule has 0 fully saturated rings. The van der Waals surface area contributed by atoms with Gasteiger partial charge in [0.05, 0.1) is 0 Å². The fourth-order valence-corrected chi connectivity index (χ4v) is 2.20. The van der Waals surface area contributed by atoms with Gasteiger partial charge in [0, 0.05) is 25.2 Å². The molecule has 0 radical (unpaired) electrons. The summed E-state index contributed by atoms with van der Waals surface area (Å²) < 4.78 is 0. The minimum atomic E-state index is 0.204. The molecule has 0 unspecified atom stereocenters. The zero-order chi connectivity index (χ0) is 11.5. The van der Waals surface area contributed by atoms with Crippen LogP contribution in [0.15, 0.2) is 18.2 Å². The molecule has 1 aliphatic rings. The molecule has 0 saturated heterocycles. The zero-order valence-corrected chi connectivity index (χ0v) is 9.70. The van der Waals surface area contributed by atoms with Crippen LogP contribution in [0.1, 0.15) is 30.9 Å². The number of carbonyl (C=O) groups excluding carboxylic acids is 1. The van der Waals surface area contributed by atoms with Gasteiger partial charge in [-0.15, -0.1) is 0 Å². The van der Waals surface area contributed by atoms with Crippen LogP contribution in [0.25, 0.3) is 0 Å². The average molecular weight is 218 g/mol. The Kier molecular flexibility index (Phi) is 3.25. The van der Waals surface area contributed by atoms with Crippen molar-refractivity contribution in [3.05, 3.63) is 29.3 Å². The van der Waals surface area contributed by atoms with Gasteiger partial charge in [0.15, 0.2) is 0 Å². The van der Waals surface area contributed by atoms with Gasteiger partial charge in [0.1, 0.15) is 0 Å². The molecule has 0 aliphatic carbocycles. The molecule has 1 aromatic rings. The number of nitrogens with zero attached hydrogens (tertiary/aromatic N) is 1. The second-order valence-electron chi connectivity index (χ2n) is 4.17. The van der Waals surface area contributed by atoms with Crippen LogP contribution >= 0.6 is 0 Å². The van der Waals surface area contributed by atoms with E-state index >= 15 is 0 Å². The van der Waals surface area contributed by atoms with Gasteiger partial charge in [0.2, 0.25) is 5.91 Å². The van der Waals surface area contributed by atoms with Gasteiger partial charge in [-0.05, 0) is 30.0 Å². The minimum absolute atomic E-state index is 0.204. The molecule has 0 bridgehead atoms. The van der Waals surface area contributed by atoms with Gasteiger partial charge >= 0.3 is 0 Å². The number of anilines is 1. The Morgan fingerprint density at radius 3 is 3.00 bits per heavy atom. The molecule has 0 aromatic heterocycles. The summed E-state index contributed by atoms with van der Waals surface area (Å²) >= 11 is 0. The molecule has 3 heteroatoms. The summed E-state index contributed by atoms with van der Waals surface area (Å²) in [6.45, 7) is 3.28. The van der Waals surface area contributed by atoms with Crippen LogP contribution in [-0.4, -0.2) is 12.5 Å². The van der Waals surface area contributed by atoms with Crippen LogP contribution in [0.2, 0.25) is 0 Å². The highest BCUT2D eigenvalue weighted by atomic mass is 16.2. The third kappa shape index (κ3) is 1.95. The van der Waals surface area contributed by atoms with Crippen LogP contribution in [-0.2, 0) is 17.8 Å². The molecular formula is C13H18N2O. The maximum atomic E-state index is 11.8. The number of amides is 1. The van der Waals surface area contributed by atoms with Crippen LogP contribution < -0.4 is 10.6 Å². The molecule has 0 saturated carbocycles. The highest BCUT2D eigenvalue weighted by molar-refractivity contribution is 5.94. The van der Waals surface area contributed by atoms with Crippen molar-refractivity contribution < 1.29 is 4.79 Å². The summed E-state index contributed by atoms with van der Waals surface area (Å²) in [5, 5.41) is 0. The van der Waals surface area contributed by atoms with Crippen LogP contribution in [0.3, 0.4) is 0 Å². The quantitative estimate of drug-likeness (QED) is 0.823. The first-order chi connectivity index (χ1) is 7.76. The predicted molar refractivity (Wildman–Crippen MR) is 65.3 cm³/mol. The molecule has 2 N–H and O–H groups in total. The second-order valence-corrected chi connectivity index (χ2v) is 4.17. The molecule has 1 aliphatic heterocycles. The fraction of sp³-hybridized carbons (Fsp3) is 0.462. The highest BCUT2D eigenvalue weighted by Gasteiger charge is 2.21. The third-order valence-corrected chi connectivity index (χ3v) is 3.11. The molecule has 0 spiro atoms. The fourth-order valence-electron chi connectivity index (χ4n) is 2.20. The summed E-state index contributed by atoms with van der Waals surface area (Å²) in [7, 11) is 0. The van der Waals surface area contributed by atoms with E-state index in [1.165, 1.54) is 5.56 Å². The predicted octanol–water partition coefficient (Wildman–Crippen LogP) is 1.83. The van der Waals surface area contributed by atoms with Crippen molar-refractivity contribution >= 4 is 11.6 Å². The average Bonchev–Trinajstić information content (AvgIpc) is 2.36. The van der Waals surface area contributed by atoms with Gasteiger partial charge in [-0.3, -0.25) is 4.79 Å². The van der Waals surface area contributed by atoms with E-state index in [-0.39, 0.29) is 5.91 Å². The van der Waals surface area contributed by atoms with Gasteiger partial charge < -0.3 is 10.6 Å². The van der Waals surface area contributed by atoms with Crippen molar-refractivity contribution in [2.24, 2.45) is 5.73 Å². The number of rotatable bonds is 2. The normalized spacial score (nSPS) is 14.8. The second kappa shape index (κ2) is 4.66. The number of hydrogen-bond acceptors (Lipinski definition) is 2. The summed E-state index contributed by atoms with van der Waals surface area (Å²) in [6, 6.07) is 6.22. The smallest absolute Gasteiger partial charge is 0.226 e. The lowest BCUT2D eigenvalue weighted by molar-refractivity contribution is -0.118. The number of carbonyl (C=O) groups is 1. The number of aryl methyl sites for hydroxylation is 1. The summed E-state index contributed by atoms with van der Waals surface area (Å²) in [5.41, 5.74) is 9.06. The number of nitrogens with two attached hydrogens (primary N) is 1. The molecule has 2 rings (SSSR count). The minimum Gasteiger partial charge on any atom is -0.326 e. The van der Waals surface area contributed by atoms with Crippen molar-refractivity contribution in [3.8, 4) is 0 Å². The number of hydrogen-bond donors (Lipinski definition) is 1. The Hall–Kier alpha value is -1.35. The maximum Gasteiger partial charge on any atom is 0.226 e. The van der Waals surface area contributed by atoms with E-state index in [0.29, 0.717) is 13.0 Å². The molecule has 1 aromatic carbocycles. The Balaban J connectivity index is 2.39. The van der Waals surface area contributed by atoms with Crippen LogP contribution in [0, 0.1) is 0 Å². The first-order valence-electron chi connectivity index (χ1n) is 5.88. The largest absolute Gasteiger partial charge is 0.326 e. The van der Waals surface area contributed by atoms with E-state index in [1.807, 2.05) is 11.8 Å². The highest BCUT2D eigenvalue weighted by Crippen LogP contribution is 2.28. The summed E-state index contributed by atoms with van der Waals surface area (Å²) in [5.74, 6) is 0.204. The van der Waals surface area contributed by atoms with Crippen molar-refractivity contribution in [1.29, 1.82) is 0 Å². The van der Waals surface area contributed by atoms with E-state index in [2.05, 4.69) is 18.2 Å². The lowest BCUT2D eigenvalue weighted by Crippen LogP contribution is -2.35. The summed E-state index contributed by atoms with van der Waals surface area (Å²) in [6.07, 6.45) is 2.68. The van der Waals surface area contributed by atoms with Crippen LogP contribution in [0.5, 0.6) is 0 Å². The molecule has 3 nitrogen and oxygen atoms in total. The Labute approximate surface area is 96.2 Å². The molecule has 1 heterocycles. The SMILES string of the molecule is CCC(=O)N1CCCc2ccc(CN)cc21. The Bertz CT molecular complexity index is 401. The molecule has 0 atom stereocenters. The lowest BCUT2D eigenvalue weighted by Gasteiger charge is -2.29. The molecule has 16 heavy (non-hydrogen) atoms. The zero-order valence-electron chi connectivity index (χ0n) is 9.70. The summed E-state index contributed by atoms with van der Waals surface area (Å²) in [4.78, 5) is 13.7. The molecular weight excluding hydrogens is 200 g/mol. The van der Waals surface area contributed by atoms with Gasteiger partial charge in [0.25, 0.3) is 0 Å². The van der Waals surface area contributed by atoms with Crippen molar-refractivity contribution in [2.45, 2.75) is 32.7 Å². The monoisotopic (exact) mass is 218 g/mol. The molecule has 86 valence electrons. The first-order valence-corrected chi connectivity index (χ1v) is 5.88. The van der Waals surface area contributed by atoms with Gasteiger partial charge in [-0.25, -0.2) is 0 Å². The van der Waals surface area contributed by atoms with E-state index in [1.54, 1.807) is 0 Å². The topological polar surface area (TPSA) is 46.3 Å². The number of fused-ring (bicyclic) bond motifs is 1. The Morgan fingerprint density at radius 1 is 1.50 bits per heavy atom. The maximum absolute atomic E-state index is 11.8. The third-order valence-electron chi connectivity index (χ3n) is 3.11. The standard InChI is InChI=1S/C13H18N2O/c1-2-13(16)15-7-3-4-11-6-5-10(9-14)8-12(11)15/h5-6,8H,2-4,7,9,14H2,1H3. The van der Waals surface area contributed by atoms with Gasteiger partial charge in [-0.2, -0.15) is 0 Å². The van der Waals surface area contributed by atoms with Crippen LogP contribution in [0.4, 0.5) is 5.69 Å².